The van der Waals surface area contributed by atoms with Gasteiger partial charge in [-0.3, -0.25) is 4.98 Å². The van der Waals surface area contributed by atoms with Crippen LogP contribution in [0.5, 0.6) is 0 Å². The maximum Gasteiger partial charge on any atom is 0.240 e. The highest BCUT2D eigenvalue weighted by atomic mass is 32.2. The molecule has 0 radical (unpaired) electrons. The molecule has 3 rings (SSSR count). The van der Waals surface area contributed by atoms with Crippen LogP contribution in [0.4, 0.5) is 0 Å². The average Bonchev–Trinajstić information content (AvgIpc) is 3.06. The molecule has 8 nitrogen and oxygen atoms in total. The summed E-state index contributed by atoms with van der Waals surface area (Å²) in [6.45, 7) is 9.50. The third kappa shape index (κ3) is 6.35. The molecule has 0 aliphatic carbocycles. The Labute approximate surface area is 190 Å². The van der Waals surface area contributed by atoms with Crippen molar-refractivity contribution in [1.82, 2.24) is 19.3 Å². The molecule has 1 aromatic carbocycles. The summed E-state index contributed by atoms with van der Waals surface area (Å²) < 4.78 is 41.4. The van der Waals surface area contributed by atoms with Gasteiger partial charge in [0.2, 0.25) is 10.0 Å². The molecule has 0 fully saturated rings. The number of nitrogens with one attached hydrogen (secondary N) is 1. The third-order valence-electron chi connectivity index (χ3n) is 5.08. The van der Waals surface area contributed by atoms with E-state index in [-0.39, 0.29) is 24.3 Å². The van der Waals surface area contributed by atoms with Crippen LogP contribution in [0.15, 0.2) is 47.6 Å². The number of pyridine rings is 1. The van der Waals surface area contributed by atoms with Crippen molar-refractivity contribution in [3.05, 3.63) is 54.1 Å². The van der Waals surface area contributed by atoms with Crippen LogP contribution >= 0.6 is 0 Å². The number of ether oxygens (including phenoxy) is 2. The fourth-order valence-corrected chi connectivity index (χ4v) is 4.83. The molecule has 0 saturated heterocycles. The summed E-state index contributed by atoms with van der Waals surface area (Å²) in [5.41, 5.74) is 2.83. The van der Waals surface area contributed by atoms with Gasteiger partial charge in [0, 0.05) is 25.4 Å². The number of imidazole rings is 1. The fourth-order valence-electron chi connectivity index (χ4n) is 3.60. The van der Waals surface area contributed by atoms with Gasteiger partial charge in [0.1, 0.15) is 18.1 Å². The minimum atomic E-state index is -3.67. The zero-order valence-electron chi connectivity index (χ0n) is 19.1. The fraction of sp³-hybridized carbons (Fsp3) is 0.478. The van der Waals surface area contributed by atoms with Crippen molar-refractivity contribution < 1.29 is 17.9 Å². The highest BCUT2D eigenvalue weighted by molar-refractivity contribution is 7.89. The number of rotatable bonds is 12. The van der Waals surface area contributed by atoms with Gasteiger partial charge in [-0.05, 0) is 49.9 Å². The van der Waals surface area contributed by atoms with E-state index in [0.717, 1.165) is 22.4 Å². The van der Waals surface area contributed by atoms with Gasteiger partial charge in [0.25, 0.3) is 0 Å². The first-order valence-corrected chi connectivity index (χ1v) is 12.3. The Morgan fingerprint density at radius 2 is 1.88 bits per heavy atom. The Morgan fingerprint density at radius 3 is 2.56 bits per heavy atom. The van der Waals surface area contributed by atoms with Crippen LogP contribution in [0.25, 0.3) is 11.0 Å². The Kier molecular flexibility index (Phi) is 8.36. The maximum atomic E-state index is 13.0. The second-order valence-corrected chi connectivity index (χ2v) is 9.90. The van der Waals surface area contributed by atoms with Crippen LogP contribution in [0.2, 0.25) is 0 Å². The summed E-state index contributed by atoms with van der Waals surface area (Å²) in [6, 6.07) is 8.56. The van der Waals surface area contributed by atoms with E-state index in [9.17, 15) is 8.42 Å². The average molecular weight is 461 g/mol. The number of aromatic nitrogens is 3. The summed E-state index contributed by atoms with van der Waals surface area (Å²) >= 11 is 0. The molecule has 2 heterocycles. The molecule has 0 aliphatic heterocycles. The molecule has 3 aromatic rings. The highest BCUT2D eigenvalue weighted by Crippen LogP contribution is 2.18. The van der Waals surface area contributed by atoms with Crippen LogP contribution in [-0.2, 0) is 26.0 Å². The highest BCUT2D eigenvalue weighted by Gasteiger charge is 2.21. The van der Waals surface area contributed by atoms with Crippen molar-refractivity contribution in [3.8, 4) is 0 Å². The predicted molar refractivity (Wildman–Crippen MR) is 124 cm³/mol. The lowest BCUT2D eigenvalue weighted by Crippen LogP contribution is -2.39. The molecule has 174 valence electrons. The summed E-state index contributed by atoms with van der Waals surface area (Å²) in [7, 11) is -3.67. The number of sulfonamides is 1. The quantitative estimate of drug-likeness (QED) is 0.328. The Morgan fingerprint density at radius 1 is 1.12 bits per heavy atom. The lowest BCUT2D eigenvalue weighted by molar-refractivity contribution is -0.0553. The van der Waals surface area contributed by atoms with E-state index >= 15 is 0 Å². The van der Waals surface area contributed by atoms with Crippen LogP contribution in [0, 0.1) is 12.8 Å². The van der Waals surface area contributed by atoms with Crippen LogP contribution in [0.3, 0.4) is 0 Å². The van der Waals surface area contributed by atoms with Crippen molar-refractivity contribution in [2.24, 2.45) is 5.92 Å². The molecule has 9 heteroatoms. The second-order valence-electron chi connectivity index (χ2n) is 8.18. The second kappa shape index (κ2) is 11.0. The van der Waals surface area contributed by atoms with Crippen molar-refractivity contribution >= 4 is 21.1 Å². The Bertz CT molecular complexity index is 1110. The van der Waals surface area contributed by atoms with E-state index in [1.807, 2.05) is 32.0 Å². The number of hydrogen-bond acceptors (Lipinski definition) is 6. The molecule has 0 bridgehead atoms. The summed E-state index contributed by atoms with van der Waals surface area (Å²) in [6.07, 6.45) is 4.16. The minimum Gasteiger partial charge on any atom is -0.356 e. The topological polar surface area (TPSA) is 95.3 Å². The van der Waals surface area contributed by atoms with E-state index in [2.05, 4.69) is 33.1 Å². The zero-order valence-corrected chi connectivity index (χ0v) is 19.9. The lowest BCUT2D eigenvalue weighted by atomic mass is 10.1. The SMILES string of the molecule is CCOCOCC(CC(C)C)NS(=O)(=O)c1ccc(Cn2c(C)nc3cnccc32)cc1. The summed E-state index contributed by atoms with van der Waals surface area (Å²) in [4.78, 5) is 8.88. The number of benzene rings is 1. The van der Waals surface area contributed by atoms with Gasteiger partial charge in [0.05, 0.1) is 23.2 Å². The standard InChI is InChI=1S/C23H32N4O4S/c1-5-30-16-31-15-20(12-17(2)3)26-32(28,29)21-8-6-19(7-9-21)14-27-18(4)25-22-13-24-11-10-23(22)27/h6-11,13,17,20,26H,5,12,14-16H2,1-4H3. The van der Waals surface area contributed by atoms with Gasteiger partial charge in [0.15, 0.2) is 0 Å². The van der Waals surface area contributed by atoms with Crippen LogP contribution in [-0.4, -0.2) is 49.0 Å². The molecule has 0 saturated carbocycles. The summed E-state index contributed by atoms with van der Waals surface area (Å²) in [5.74, 6) is 1.21. The molecule has 0 spiro atoms. The van der Waals surface area contributed by atoms with Gasteiger partial charge in [-0.1, -0.05) is 26.0 Å². The molecule has 2 aromatic heterocycles. The number of nitrogens with zero attached hydrogens (tertiary/aromatic N) is 3. The van der Waals surface area contributed by atoms with Gasteiger partial charge in [-0.15, -0.1) is 0 Å². The molecular weight excluding hydrogens is 428 g/mol. The number of fused-ring (bicyclic) bond motifs is 1. The molecule has 0 aliphatic rings. The molecule has 1 N–H and O–H groups in total. The number of hydrogen-bond donors (Lipinski definition) is 1. The van der Waals surface area contributed by atoms with Gasteiger partial charge < -0.3 is 14.0 Å². The molecule has 1 atom stereocenters. The van der Waals surface area contributed by atoms with Crippen LogP contribution < -0.4 is 4.72 Å². The zero-order chi connectivity index (χ0) is 23.1. The van der Waals surface area contributed by atoms with Gasteiger partial charge >= 0.3 is 0 Å². The van der Waals surface area contributed by atoms with Gasteiger partial charge in [-0.2, -0.15) is 0 Å². The van der Waals surface area contributed by atoms with E-state index in [0.29, 0.717) is 25.5 Å². The molecule has 0 amide bonds. The van der Waals surface area contributed by atoms with E-state index in [4.69, 9.17) is 9.47 Å². The van der Waals surface area contributed by atoms with Crippen molar-refractivity contribution in [2.45, 2.75) is 51.6 Å². The molecular formula is C23H32N4O4S. The van der Waals surface area contributed by atoms with Crippen molar-refractivity contribution in [2.75, 3.05) is 20.0 Å². The Hall–Kier alpha value is -2.33. The smallest absolute Gasteiger partial charge is 0.240 e. The van der Waals surface area contributed by atoms with Gasteiger partial charge in [-0.25, -0.2) is 18.1 Å². The maximum absolute atomic E-state index is 13.0. The largest absolute Gasteiger partial charge is 0.356 e. The minimum absolute atomic E-state index is 0.153. The van der Waals surface area contributed by atoms with Crippen molar-refractivity contribution in [1.29, 1.82) is 0 Å². The first kappa shape index (κ1) is 24.3. The molecule has 1 unspecified atom stereocenters. The van der Waals surface area contributed by atoms with Crippen LogP contribution in [0.1, 0.15) is 38.6 Å². The predicted octanol–water partition coefficient (Wildman–Crippen LogP) is 3.49. The monoisotopic (exact) mass is 460 g/mol. The van der Waals surface area contributed by atoms with Crippen molar-refractivity contribution in [3.63, 3.8) is 0 Å². The van der Waals surface area contributed by atoms with E-state index < -0.39 is 10.0 Å². The Balaban J connectivity index is 1.70. The summed E-state index contributed by atoms with van der Waals surface area (Å²) in [5, 5.41) is 0. The van der Waals surface area contributed by atoms with E-state index in [1.165, 1.54) is 0 Å². The van der Waals surface area contributed by atoms with E-state index in [1.54, 1.807) is 24.5 Å². The number of aryl methyl sites for hydroxylation is 1. The first-order valence-electron chi connectivity index (χ1n) is 10.8. The first-order chi connectivity index (χ1) is 15.3. The molecule has 32 heavy (non-hydrogen) atoms. The normalized spacial score (nSPS) is 13.2. The third-order valence-corrected chi connectivity index (χ3v) is 6.62. The lowest BCUT2D eigenvalue weighted by Gasteiger charge is -2.20.